The van der Waals surface area contributed by atoms with E-state index in [2.05, 4.69) is 23.0 Å². The van der Waals surface area contributed by atoms with Crippen LogP contribution in [0.5, 0.6) is 0 Å². The molecule has 2 aromatic rings. The third kappa shape index (κ3) is 4.85. The Balaban J connectivity index is 1.27. The van der Waals surface area contributed by atoms with Crippen LogP contribution < -0.4 is 0 Å². The number of nitrogens with zero attached hydrogens (tertiary/aromatic N) is 3. The molecule has 0 N–H and O–H groups in total. The van der Waals surface area contributed by atoms with Crippen LogP contribution in [0.3, 0.4) is 0 Å². The zero-order valence-corrected chi connectivity index (χ0v) is 17.5. The monoisotopic (exact) mass is 393 g/mol. The van der Waals surface area contributed by atoms with Crippen LogP contribution in [0.15, 0.2) is 48.8 Å². The van der Waals surface area contributed by atoms with E-state index in [1.165, 1.54) is 11.1 Å². The van der Waals surface area contributed by atoms with E-state index in [1.54, 1.807) is 0 Å². The minimum absolute atomic E-state index is 0.159. The normalized spacial score (nSPS) is 21.1. The predicted molar refractivity (Wildman–Crippen MR) is 114 cm³/mol. The highest BCUT2D eigenvalue weighted by Crippen LogP contribution is 2.42. The zero-order valence-electron chi connectivity index (χ0n) is 17.5. The van der Waals surface area contributed by atoms with Gasteiger partial charge in [-0.15, -0.1) is 0 Å². The quantitative estimate of drug-likeness (QED) is 0.780. The van der Waals surface area contributed by atoms with Crippen molar-refractivity contribution in [3.05, 3.63) is 65.5 Å². The third-order valence-electron chi connectivity index (χ3n) is 6.39. The molecule has 1 aromatic heterocycles. The summed E-state index contributed by atoms with van der Waals surface area (Å²) in [4.78, 5) is 21.3. The summed E-state index contributed by atoms with van der Waals surface area (Å²) < 4.78 is 6.19. The van der Waals surface area contributed by atoms with Crippen molar-refractivity contribution in [2.45, 2.75) is 38.8 Å². The van der Waals surface area contributed by atoms with Gasteiger partial charge in [-0.3, -0.25) is 14.7 Å². The first-order valence-corrected chi connectivity index (χ1v) is 10.6. The van der Waals surface area contributed by atoms with E-state index < -0.39 is 0 Å². The van der Waals surface area contributed by atoms with Crippen LogP contribution in [0, 0.1) is 12.3 Å². The number of piperidine rings is 1. The molecule has 1 spiro atoms. The van der Waals surface area contributed by atoms with Gasteiger partial charge in [-0.05, 0) is 62.4 Å². The van der Waals surface area contributed by atoms with Crippen molar-refractivity contribution in [2.24, 2.45) is 5.41 Å². The first-order valence-electron chi connectivity index (χ1n) is 10.6. The van der Waals surface area contributed by atoms with Gasteiger partial charge in [0.25, 0.3) is 5.91 Å². The molecular weight excluding hydrogens is 362 g/mol. The molecule has 5 heteroatoms. The molecule has 2 aliphatic rings. The molecule has 154 valence electrons. The average Bonchev–Trinajstić information content (AvgIpc) is 3.11. The Morgan fingerprint density at radius 1 is 1.24 bits per heavy atom. The number of pyridine rings is 1. The van der Waals surface area contributed by atoms with E-state index in [4.69, 9.17) is 4.74 Å². The molecule has 0 unspecified atom stereocenters. The van der Waals surface area contributed by atoms with Crippen LogP contribution in [0.4, 0.5) is 0 Å². The maximum Gasteiger partial charge on any atom is 0.253 e. The van der Waals surface area contributed by atoms with E-state index >= 15 is 0 Å². The van der Waals surface area contributed by atoms with E-state index in [0.29, 0.717) is 0 Å². The summed E-state index contributed by atoms with van der Waals surface area (Å²) in [6.45, 7) is 6.35. The molecule has 3 heterocycles. The summed E-state index contributed by atoms with van der Waals surface area (Å²) in [5.74, 6) is 0.159. The van der Waals surface area contributed by atoms with E-state index in [-0.39, 0.29) is 17.4 Å². The van der Waals surface area contributed by atoms with E-state index in [1.807, 2.05) is 54.5 Å². The van der Waals surface area contributed by atoms with Gasteiger partial charge in [-0.25, -0.2) is 0 Å². The van der Waals surface area contributed by atoms with Crippen LogP contribution in [-0.4, -0.2) is 60.1 Å². The molecule has 1 aromatic carbocycles. The third-order valence-corrected chi connectivity index (χ3v) is 6.39. The van der Waals surface area contributed by atoms with Gasteiger partial charge in [-0.2, -0.15) is 0 Å². The maximum absolute atomic E-state index is 12.8. The Labute approximate surface area is 173 Å². The van der Waals surface area contributed by atoms with Gasteiger partial charge in [0, 0.05) is 44.1 Å². The summed E-state index contributed by atoms with van der Waals surface area (Å²) in [5.41, 5.74) is 3.45. The number of likely N-dealkylation sites (tertiary alicyclic amines) is 1. The second-order valence-electron chi connectivity index (χ2n) is 8.85. The molecule has 1 amide bonds. The fourth-order valence-electron chi connectivity index (χ4n) is 4.64. The molecular formula is C24H31N3O2. The fourth-order valence-corrected chi connectivity index (χ4v) is 4.64. The van der Waals surface area contributed by atoms with Crippen molar-refractivity contribution in [3.8, 4) is 0 Å². The summed E-state index contributed by atoms with van der Waals surface area (Å²) in [6, 6.07) is 12.0. The van der Waals surface area contributed by atoms with Crippen molar-refractivity contribution >= 4 is 5.91 Å². The largest absolute Gasteiger partial charge is 0.376 e. The molecule has 29 heavy (non-hydrogen) atoms. The number of aryl methyl sites for hydroxylation is 1. The molecule has 2 saturated heterocycles. The first kappa shape index (κ1) is 20.0. The molecule has 1 atom stereocenters. The Bertz CT molecular complexity index is 814. The standard InChI is InChI=1S/C24H31N3O2/c1-19-5-7-21(8-6-19)23(28)27-12-9-24(10-13-27)14-22(29-18-24)17-26(2)16-20-4-3-11-25-15-20/h3-8,11,15,22H,9-10,12-14,16-18H2,1-2H3/t22-/m0/s1. The number of amides is 1. The van der Waals surface area contributed by atoms with Crippen LogP contribution in [-0.2, 0) is 11.3 Å². The van der Waals surface area contributed by atoms with Crippen LogP contribution in [0.1, 0.15) is 40.7 Å². The van der Waals surface area contributed by atoms with Gasteiger partial charge < -0.3 is 9.64 Å². The Morgan fingerprint density at radius 3 is 2.69 bits per heavy atom. The second-order valence-corrected chi connectivity index (χ2v) is 8.85. The molecule has 0 saturated carbocycles. The van der Waals surface area contributed by atoms with Crippen molar-refractivity contribution < 1.29 is 9.53 Å². The zero-order chi connectivity index (χ0) is 20.3. The van der Waals surface area contributed by atoms with Crippen LogP contribution in [0.25, 0.3) is 0 Å². The van der Waals surface area contributed by atoms with Crippen LogP contribution >= 0.6 is 0 Å². The molecule has 4 rings (SSSR count). The fraction of sp³-hybridized carbons (Fsp3) is 0.500. The topological polar surface area (TPSA) is 45.7 Å². The number of aromatic nitrogens is 1. The number of hydrogen-bond acceptors (Lipinski definition) is 4. The smallest absolute Gasteiger partial charge is 0.253 e. The first-order chi connectivity index (χ1) is 14.0. The molecule has 0 bridgehead atoms. The number of benzene rings is 1. The Hall–Kier alpha value is -2.24. The second kappa shape index (κ2) is 8.64. The number of ether oxygens (including phenoxy) is 1. The summed E-state index contributed by atoms with van der Waals surface area (Å²) in [5, 5.41) is 0. The number of carbonyl (C=O) groups is 1. The van der Waals surface area contributed by atoms with Crippen molar-refractivity contribution in [1.29, 1.82) is 0 Å². The molecule has 0 aliphatic carbocycles. The summed E-state index contributed by atoms with van der Waals surface area (Å²) >= 11 is 0. The van der Waals surface area contributed by atoms with Crippen molar-refractivity contribution in [3.63, 3.8) is 0 Å². The lowest BCUT2D eigenvalue weighted by Gasteiger charge is -2.38. The van der Waals surface area contributed by atoms with Gasteiger partial charge in [0.15, 0.2) is 0 Å². The summed E-state index contributed by atoms with van der Waals surface area (Å²) in [7, 11) is 2.14. The van der Waals surface area contributed by atoms with Crippen LogP contribution in [0.2, 0.25) is 0 Å². The molecule has 2 aliphatic heterocycles. The average molecular weight is 394 g/mol. The number of likely N-dealkylation sites (N-methyl/N-ethyl adjacent to an activating group) is 1. The number of rotatable bonds is 5. The maximum atomic E-state index is 12.8. The predicted octanol–water partition coefficient (Wildman–Crippen LogP) is 3.53. The van der Waals surface area contributed by atoms with Gasteiger partial charge >= 0.3 is 0 Å². The Kier molecular flexibility index (Phi) is 5.97. The lowest BCUT2D eigenvalue weighted by atomic mass is 9.76. The molecule has 0 radical (unpaired) electrons. The number of carbonyl (C=O) groups excluding carboxylic acids is 1. The minimum Gasteiger partial charge on any atom is -0.376 e. The highest BCUT2D eigenvalue weighted by molar-refractivity contribution is 5.94. The SMILES string of the molecule is Cc1ccc(C(=O)N2CCC3(CC2)CO[C@H](CN(C)Cc2cccnc2)C3)cc1. The lowest BCUT2D eigenvalue weighted by molar-refractivity contribution is 0.0457. The summed E-state index contributed by atoms with van der Waals surface area (Å²) in [6.07, 6.45) is 7.17. The van der Waals surface area contributed by atoms with E-state index in [0.717, 1.165) is 57.6 Å². The minimum atomic E-state index is 0.159. The van der Waals surface area contributed by atoms with Crippen molar-refractivity contribution in [1.82, 2.24) is 14.8 Å². The highest BCUT2D eigenvalue weighted by atomic mass is 16.5. The molecule has 5 nitrogen and oxygen atoms in total. The van der Waals surface area contributed by atoms with Crippen molar-refractivity contribution in [2.75, 3.05) is 33.3 Å². The van der Waals surface area contributed by atoms with E-state index in [9.17, 15) is 4.79 Å². The van der Waals surface area contributed by atoms with Gasteiger partial charge in [0.1, 0.15) is 0 Å². The number of hydrogen-bond donors (Lipinski definition) is 0. The van der Waals surface area contributed by atoms with Gasteiger partial charge in [-0.1, -0.05) is 23.8 Å². The highest BCUT2D eigenvalue weighted by Gasteiger charge is 2.43. The van der Waals surface area contributed by atoms with Gasteiger partial charge in [0.05, 0.1) is 12.7 Å². The van der Waals surface area contributed by atoms with Gasteiger partial charge in [0.2, 0.25) is 0 Å². The lowest BCUT2D eigenvalue weighted by Crippen LogP contribution is -2.43. The molecule has 2 fully saturated rings. The Morgan fingerprint density at radius 2 is 2.00 bits per heavy atom.